The van der Waals surface area contributed by atoms with E-state index >= 15 is 0 Å². The van der Waals surface area contributed by atoms with Crippen LogP contribution < -0.4 is 20.7 Å². The van der Waals surface area contributed by atoms with E-state index in [1.807, 2.05) is 18.2 Å². The van der Waals surface area contributed by atoms with Crippen LogP contribution in [0.2, 0.25) is 0 Å². The maximum atomic E-state index is 8.42. The second-order valence-corrected chi connectivity index (χ2v) is 3.00. The van der Waals surface area contributed by atoms with Crippen LogP contribution in [0.4, 0.5) is 0 Å². The molecule has 0 radical (unpaired) electrons. The molecule has 0 aromatic heterocycles. The third kappa shape index (κ3) is 2.10. The fraction of sp³-hybridized carbons (Fsp3) is 0.222. The molecule has 0 saturated carbocycles. The Labute approximate surface area is 86.3 Å². The number of nitrogens with one attached hydrogen (secondary N) is 1. The third-order valence-corrected chi connectivity index (χ3v) is 1.98. The van der Waals surface area contributed by atoms with E-state index in [1.165, 1.54) is 0 Å². The van der Waals surface area contributed by atoms with Gasteiger partial charge in [0.25, 0.3) is 0 Å². The summed E-state index contributed by atoms with van der Waals surface area (Å²) in [4.78, 5) is 3.88. The van der Waals surface area contributed by atoms with Gasteiger partial charge in [0.15, 0.2) is 11.5 Å². The van der Waals surface area contributed by atoms with Crippen LogP contribution in [0.25, 0.3) is 0 Å². The van der Waals surface area contributed by atoms with Gasteiger partial charge >= 0.3 is 0 Å². The lowest BCUT2D eigenvalue weighted by molar-refractivity contribution is 0.174. The van der Waals surface area contributed by atoms with Gasteiger partial charge in [0.1, 0.15) is 0 Å². The molecule has 15 heavy (non-hydrogen) atoms. The summed E-state index contributed by atoms with van der Waals surface area (Å²) in [6.07, 6.45) is 0. The summed E-state index contributed by atoms with van der Waals surface area (Å²) < 4.78 is 10.4. The maximum absolute atomic E-state index is 8.42. The molecule has 4 N–H and O–H groups in total. The summed E-state index contributed by atoms with van der Waals surface area (Å²) >= 11 is 0. The van der Waals surface area contributed by atoms with Crippen LogP contribution in [0.15, 0.2) is 23.2 Å². The number of rotatable bonds is 2. The zero-order chi connectivity index (χ0) is 10.7. The molecule has 1 heterocycles. The normalized spacial score (nSPS) is 14.1. The Kier molecular flexibility index (Phi) is 2.59. The van der Waals surface area contributed by atoms with Crippen molar-refractivity contribution in [2.45, 2.75) is 6.54 Å². The summed E-state index contributed by atoms with van der Waals surface area (Å²) in [6.45, 7) is 0.623. The van der Waals surface area contributed by atoms with Gasteiger partial charge in [0.05, 0.1) is 6.54 Å². The lowest BCUT2D eigenvalue weighted by Gasteiger charge is -2.00. The Morgan fingerprint density at radius 1 is 1.47 bits per heavy atom. The smallest absolute Gasteiger partial charge is 0.231 e. The first-order valence-electron chi connectivity index (χ1n) is 4.38. The third-order valence-electron chi connectivity index (χ3n) is 1.98. The predicted molar refractivity (Wildman–Crippen MR) is 52.8 cm³/mol. The molecule has 0 amide bonds. The molecule has 0 aliphatic carbocycles. The lowest BCUT2D eigenvalue weighted by Crippen LogP contribution is -2.28. The number of hydrogen-bond acceptors (Lipinski definition) is 4. The number of guanidine groups is 1. The van der Waals surface area contributed by atoms with Crippen LogP contribution in [0, 0.1) is 0 Å². The van der Waals surface area contributed by atoms with Crippen LogP contribution >= 0.6 is 0 Å². The number of ether oxygens (including phenoxy) is 2. The molecule has 0 unspecified atom stereocenters. The summed E-state index contributed by atoms with van der Waals surface area (Å²) in [5.74, 6) is 1.42. The highest BCUT2D eigenvalue weighted by Crippen LogP contribution is 2.32. The number of fused-ring (bicyclic) bond motifs is 1. The number of benzene rings is 1. The molecule has 1 aromatic carbocycles. The second kappa shape index (κ2) is 4.05. The van der Waals surface area contributed by atoms with Crippen molar-refractivity contribution in [3.8, 4) is 11.5 Å². The first-order valence-corrected chi connectivity index (χ1v) is 4.38. The fourth-order valence-electron chi connectivity index (χ4n) is 1.25. The summed E-state index contributed by atoms with van der Waals surface area (Å²) in [5.41, 5.74) is 7.95. The lowest BCUT2D eigenvalue weighted by atomic mass is 10.2. The number of nitrogens with two attached hydrogens (primary N) is 1. The van der Waals surface area contributed by atoms with Crippen molar-refractivity contribution < 1.29 is 14.7 Å². The molecule has 2 rings (SSSR count). The van der Waals surface area contributed by atoms with Gasteiger partial charge in [0.2, 0.25) is 12.8 Å². The minimum absolute atomic E-state index is 0.0207. The van der Waals surface area contributed by atoms with Gasteiger partial charge in [-0.1, -0.05) is 6.07 Å². The Hall–Kier alpha value is -1.95. The van der Waals surface area contributed by atoms with Crippen molar-refractivity contribution in [3.05, 3.63) is 23.8 Å². The number of hydroxylamine groups is 1. The number of hydrogen-bond donors (Lipinski definition) is 3. The highest BCUT2D eigenvalue weighted by Gasteiger charge is 2.12. The van der Waals surface area contributed by atoms with E-state index in [0.29, 0.717) is 12.3 Å². The molecule has 1 aromatic rings. The molecule has 0 saturated heterocycles. The van der Waals surface area contributed by atoms with E-state index in [1.54, 1.807) is 5.48 Å². The second-order valence-electron chi connectivity index (χ2n) is 3.00. The minimum atomic E-state index is -0.0207. The van der Waals surface area contributed by atoms with Crippen molar-refractivity contribution in [3.63, 3.8) is 0 Å². The predicted octanol–water partition coefficient (Wildman–Crippen LogP) is 0.209. The topological polar surface area (TPSA) is 89.1 Å². The Balaban J connectivity index is 2.10. The van der Waals surface area contributed by atoms with E-state index in [2.05, 4.69) is 4.99 Å². The van der Waals surface area contributed by atoms with Gasteiger partial charge in [-0.2, -0.15) is 0 Å². The van der Waals surface area contributed by atoms with Crippen LogP contribution in [0.3, 0.4) is 0 Å². The van der Waals surface area contributed by atoms with Crippen molar-refractivity contribution in [1.82, 2.24) is 5.48 Å². The van der Waals surface area contributed by atoms with E-state index in [9.17, 15) is 0 Å². The Morgan fingerprint density at radius 2 is 2.27 bits per heavy atom. The van der Waals surface area contributed by atoms with Gasteiger partial charge in [-0.15, -0.1) is 0 Å². The van der Waals surface area contributed by atoms with Gasteiger partial charge in [-0.25, -0.2) is 10.5 Å². The highest BCUT2D eigenvalue weighted by molar-refractivity contribution is 5.76. The van der Waals surface area contributed by atoms with E-state index < -0.39 is 0 Å². The van der Waals surface area contributed by atoms with Crippen molar-refractivity contribution >= 4 is 5.96 Å². The quantitative estimate of drug-likeness (QED) is 0.368. The number of nitrogens with zero attached hydrogens (tertiary/aromatic N) is 1. The maximum Gasteiger partial charge on any atom is 0.231 e. The van der Waals surface area contributed by atoms with Gasteiger partial charge < -0.3 is 15.2 Å². The molecule has 1 aliphatic rings. The Bertz CT molecular complexity index is 392. The largest absolute Gasteiger partial charge is 0.454 e. The summed E-state index contributed by atoms with van der Waals surface area (Å²) in [5, 5.41) is 8.42. The van der Waals surface area contributed by atoms with Gasteiger partial charge in [-0.05, 0) is 17.7 Å². The number of aliphatic imine (C=N–C) groups is 1. The molecule has 0 fully saturated rings. The van der Waals surface area contributed by atoms with Gasteiger partial charge in [0, 0.05) is 0 Å². The van der Waals surface area contributed by atoms with Crippen molar-refractivity contribution in [1.29, 1.82) is 0 Å². The van der Waals surface area contributed by atoms with Crippen LogP contribution in [0.1, 0.15) is 5.56 Å². The highest BCUT2D eigenvalue weighted by atomic mass is 16.7. The molecular weight excluding hydrogens is 198 g/mol. The molecule has 6 nitrogen and oxygen atoms in total. The monoisotopic (exact) mass is 209 g/mol. The molecule has 6 heteroatoms. The van der Waals surface area contributed by atoms with E-state index in [0.717, 1.165) is 11.3 Å². The summed E-state index contributed by atoms with van der Waals surface area (Å²) in [7, 11) is 0. The van der Waals surface area contributed by atoms with Crippen LogP contribution in [-0.2, 0) is 6.54 Å². The van der Waals surface area contributed by atoms with Crippen LogP contribution in [-0.4, -0.2) is 18.0 Å². The fourth-order valence-corrected chi connectivity index (χ4v) is 1.25. The van der Waals surface area contributed by atoms with E-state index in [-0.39, 0.29) is 12.8 Å². The molecule has 0 spiro atoms. The minimum Gasteiger partial charge on any atom is -0.454 e. The van der Waals surface area contributed by atoms with E-state index in [4.69, 9.17) is 20.4 Å². The first kappa shape index (κ1) is 9.60. The molecule has 0 bridgehead atoms. The standard InChI is InChI=1S/C9H11N3O3/c10-9(12-13)11-4-6-1-2-7-8(3-6)15-5-14-7/h1-3,13H,4-5H2,(H3,10,11,12). The first-order chi connectivity index (χ1) is 7.29. The zero-order valence-electron chi connectivity index (χ0n) is 7.93. The Morgan fingerprint density at radius 3 is 3.07 bits per heavy atom. The molecule has 0 atom stereocenters. The molecular formula is C9H11N3O3. The SMILES string of the molecule is NC(=NCc1ccc2c(c1)OCO2)NO. The molecule has 1 aliphatic heterocycles. The van der Waals surface area contributed by atoms with Crippen molar-refractivity contribution in [2.24, 2.45) is 10.7 Å². The summed E-state index contributed by atoms with van der Waals surface area (Å²) in [6, 6.07) is 5.51. The zero-order valence-corrected chi connectivity index (χ0v) is 7.93. The van der Waals surface area contributed by atoms with Gasteiger partial charge in [-0.3, -0.25) is 5.21 Å². The van der Waals surface area contributed by atoms with Crippen molar-refractivity contribution in [2.75, 3.05) is 6.79 Å². The van der Waals surface area contributed by atoms with Crippen LogP contribution in [0.5, 0.6) is 11.5 Å². The average Bonchev–Trinajstić information content (AvgIpc) is 2.72. The molecule has 80 valence electrons. The average molecular weight is 209 g/mol.